The van der Waals surface area contributed by atoms with Crippen LogP contribution in [-0.4, -0.2) is 6.54 Å². The lowest BCUT2D eigenvalue weighted by atomic mass is 10.2. The predicted molar refractivity (Wildman–Crippen MR) is 62.6 cm³/mol. The van der Waals surface area contributed by atoms with E-state index in [4.69, 9.17) is 11.6 Å². The summed E-state index contributed by atoms with van der Waals surface area (Å²) in [4.78, 5) is 0. The normalized spacial score (nSPS) is 11.3. The molecule has 0 heterocycles. The highest BCUT2D eigenvalue weighted by Gasteiger charge is 2.31. The summed E-state index contributed by atoms with van der Waals surface area (Å²) in [7, 11) is 0. The van der Waals surface area contributed by atoms with E-state index in [0.29, 0.717) is 15.2 Å². The third-order valence-corrected chi connectivity index (χ3v) is 2.30. The van der Waals surface area contributed by atoms with Crippen molar-refractivity contribution < 1.29 is 13.2 Å². The maximum atomic E-state index is 12.5. The standard InChI is InChI=1S/C10H8BrClF3N/c1-6(12)5-16-9-3-7(10(13,14)15)2-8(11)4-9/h2-4,16H,1,5H2. The van der Waals surface area contributed by atoms with E-state index in [1.54, 1.807) is 0 Å². The van der Waals surface area contributed by atoms with E-state index >= 15 is 0 Å². The van der Waals surface area contributed by atoms with Gasteiger partial charge in [-0.3, -0.25) is 0 Å². The van der Waals surface area contributed by atoms with Crippen LogP contribution in [0.2, 0.25) is 0 Å². The number of hydrogen-bond acceptors (Lipinski definition) is 1. The van der Waals surface area contributed by atoms with E-state index in [2.05, 4.69) is 27.8 Å². The van der Waals surface area contributed by atoms with Crippen molar-refractivity contribution in [3.63, 3.8) is 0 Å². The lowest BCUT2D eigenvalue weighted by Crippen LogP contribution is -2.07. The Balaban J connectivity index is 2.94. The van der Waals surface area contributed by atoms with E-state index < -0.39 is 11.7 Å². The van der Waals surface area contributed by atoms with Crippen LogP contribution in [0.25, 0.3) is 0 Å². The Hall–Kier alpha value is -0.680. The van der Waals surface area contributed by atoms with Gasteiger partial charge < -0.3 is 5.32 Å². The molecule has 16 heavy (non-hydrogen) atoms. The lowest BCUT2D eigenvalue weighted by molar-refractivity contribution is -0.137. The van der Waals surface area contributed by atoms with Gasteiger partial charge in [0.15, 0.2) is 0 Å². The smallest absolute Gasteiger partial charge is 0.380 e. The van der Waals surface area contributed by atoms with E-state index in [-0.39, 0.29) is 6.54 Å². The summed E-state index contributed by atoms with van der Waals surface area (Å²) in [5.74, 6) is 0. The van der Waals surface area contributed by atoms with Crippen molar-refractivity contribution in [2.24, 2.45) is 0 Å². The first kappa shape index (κ1) is 13.4. The van der Waals surface area contributed by atoms with Crippen molar-refractivity contribution in [2.75, 3.05) is 11.9 Å². The Kier molecular flexibility index (Phi) is 4.27. The second kappa shape index (κ2) is 5.10. The predicted octanol–water partition coefficient (Wildman–Crippen LogP) is 4.63. The second-order valence-corrected chi connectivity index (χ2v) is 4.55. The van der Waals surface area contributed by atoms with Gasteiger partial charge in [-0.05, 0) is 18.2 Å². The van der Waals surface area contributed by atoms with Crippen molar-refractivity contribution in [1.29, 1.82) is 0 Å². The fourth-order valence-corrected chi connectivity index (χ4v) is 1.61. The summed E-state index contributed by atoms with van der Waals surface area (Å²) in [6, 6.07) is 3.57. The number of halogens is 5. The van der Waals surface area contributed by atoms with Crippen molar-refractivity contribution in [3.8, 4) is 0 Å². The molecule has 0 saturated heterocycles. The van der Waals surface area contributed by atoms with Crippen LogP contribution in [0.15, 0.2) is 34.3 Å². The molecule has 0 aliphatic rings. The summed E-state index contributed by atoms with van der Waals surface area (Å²) in [5, 5.41) is 3.06. The number of nitrogens with one attached hydrogen (secondary N) is 1. The monoisotopic (exact) mass is 313 g/mol. The molecular formula is C10H8BrClF3N. The first-order chi connectivity index (χ1) is 7.29. The summed E-state index contributed by atoms with van der Waals surface area (Å²) >= 11 is 8.52. The molecule has 0 aromatic heterocycles. The van der Waals surface area contributed by atoms with Gasteiger partial charge >= 0.3 is 6.18 Å². The van der Waals surface area contributed by atoms with Crippen molar-refractivity contribution >= 4 is 33.2 Å². The molecule has 1 rings (SSSR count). The number of anilines is 1. The molecule has 88 valence electrons. The minimum absolute atomic E-state index is 0.218. The Bertz CT molecular complexity index is 404. The molecule has 0 aliphatic carbocycles. The summed E-state index contributed by atoms with van der Waals surface area (Å²) in [6.45, 7) is 3.65. The van der Waals surface area contributed by atoms with Crippen molar-refractivity contribution in [3.05, 3.63) is 39.8 Å². The Labute approximate surface area is 104 Å². The molecule has 0 atom stereocenters. The Morgan fingerprint density at radius 3 is 2.50 bits per heavy atom. The number of rotatable bonds is 3. The number of hydrogen-bond donors (Lipinski definition) is 1. The minimum Gasteiger partial charge on any atom is -0.380 e. The van der Waals surface area contributed by atoms with Crippen LogP contribution in [-0.2, 0) is 6.18 Å². The second-order valence-electron chi connectivity index (χ2n) is 3.10. The summed E-state index contributed by atoms with van der Waals surface area (Å²) in [5.41, 5.74) is -0.381. The van der Waals surface area contributed by atoms with Gasteiger partial charge in [0.25, 0.3) is 0 Å². The van der Waals surface area contributed by atoms with Crippen LogP contribution in [0.5, 0.6) is 0 Å². The molecule has 0 aliphatic heterocycles. The molecule has 0 amide bonds. The molecule has 0 spiro atoms. The molecule has 0 saturated carbocycles. The Morgan fingerprint density at radius 1 is 1.38 bits per heavy atom. The quantitative estimate of drug-likeness (QED) is 0.857. The largest absolute Gasteiger partial charge is 0.416 e. The average Bonchev–Trinajstić information content (AvgIpc) is 2.12. The van der Waals surface area contributed by atoms with E-state index in [9.17, 15) is 13.2 Å². The van der Waals surface area contributed by atoms with Crippen LogP contribution in [0.3, 0.4) is 0 Å². The van der Waals surface area contributed by atoms with E-state index in [0.717, 1.165) is 12.1 Å². The van der Waals surface area contributed by atoms with Gasteiger partial charge in [-0.1, -0.05) is 34.1 Å². The maximum Gasteiger partial charge on any atom is 0.416 e. The molecular weight excluding hydrogens is 306 g/mol. The SMILES string of the molecule is C=C(Cl)CNc1cc(Br)cc(C(F)(F)F)c1. The average molecular weight is 315 g/mol. The molecule has 0 bridgehead atoms. The van der Waals surface area contributed by atoms with Gasteiger partial charge in [0.05, 0.1) is 12.1 Å². The Morgan fingerprint density at radius 2 is 2.00 bits per heavy atom. The van der Waals surface area contributed by atoms with Gasteiger partial charge in [-0.2, -0.15) is 13.2 Å². The molecule has 1 aromatic rings. The van der Waals surface area contributed by atoms with Crippen molar-refractivity contribution in [2.45, 2.75) is 6.18 Å². The van der Waals surface area contributed by atoms with Crippen LogP contribution in [0.4, 0.5) is 18.9 Å². The topological polar surface area (TPSA) is 12.0 Å². The van der Waals surface area contributed by atoms with Crippen LogP contribution >= 0.6 is 27.5 Å². The lowest BCUT2D eigenvalue weighted by Gasteiger charge is -2.11. The number of alkyl halides is 3. The first-order valence-corrected chi connectivity index (χ1v) is 5.41. The zero-order valence-corrected chi connectivity index (χ0v) is 10.4. The molecule has 1 aromatic carbocycles. The first-order valence-electron chi connectivity index (χ1n) is 4.24. The van der Waals surface area contributed by atoms with Gasteiger partial charge in [0.1, 0.15) is 0 Å². The highest BCUT2D eigenvalue weighted by molar-refractivity contribution is 9.10. The molecule has 1 N–H and O–H groups in total. The van der Waals surface area contributed by atoms with Gasteiger partial charge in [0, 0.05) is 15.2 Å². The molecule has 0 fully saturated rings. The third kappa shape index (κ3) is 4.06. The molecule has 0 unspecified atom stereocenters. The summed E-state index contributed by atoms with van der Waals surface area (Å²) in [6.07, 6.45) is -4.36. The highest BCUT2D eigenvalue weighted by Crippen LogP contribution is 2.33. The van der Waals surface area contributed by atoms with E-state index in [1.807, 2.05) is 0 Å². The maximum absolute atomic E-state index is 12.5. The fraction of sp³-hybridized carbons (Fsp3) is 0.200. The molecule has 1 nitrogen and oxygen atoms in total. The number of benzene rings is 1. The zero-order chi connectivity index (χ0) is 12.3. The summed E-state index contributed by atoms with van der Waals surface area (Å²) < 4.78 is 37.7. The van der Waals surface area contributed by atoms with Crippen LogP contribution in [0, 0.1) is 0 Å². The third-order valence-electron chi connectivity index (χ3n) is 1.71. The highest BCUT2D eigenvalue weighted by atomic mass is 79.9. The zero-order valence-electron chi connectivity index (χ0n) is 8.04. The fourth-order valence-electron chi connectivity index (χ4n) is 1.05. The van der Waals surface area contributed by atoms with Crippen LogP contribution < -0.4 is 5.32 Å². The van der Waals surface area contributed by atoms with Gasteiger partial charge in [-0.15, -0.1) is 0 Å². The van der Waals surface area contributed by atoms with Gasteiger partial charge in [-0.25, -0.2) is 0 Å². The molecule has 0 radical (unpaired) electrons. The minimum atomic E-state index is -4.36. The van der Waals surface area contributed by atoms with Gasteiger partial charge in [0.2, 0.25) is 0 Å². The van der Waals surface area contributed by atoms with E-state index in [1.165, 1.54) is 6.07 Å². The van der Waals surface area contributed by atoms with Crippen molar-refractivity contribution in [1.82, 2.24) is 0 Å². The molecule has 6 heteroatoms. The van der Waals surface area contributed by atoms with Crippen LogP contribution in [0.1, 0.15) is 5.56 Å².